The summed E-state index contributed by atoms with van der Waals surface area (Å²) in [4.78, 5) is 34.2. The van der Waals surface area contributed by atoms with Crippen molar-refractivity contribution >= 4 is 11.9 Å². The third-order valence-electron chi connectivity index (χ3n) is 3.22. The molecule has 1 aliphatic rings. The van der Waals surface area contributed by atoms with Crippen LogP contribution in [0.1, 0.15) is 27.2 Å². The van der Waals surface area contributed by atoms with Crippen LogP contribution in [0.5, 0.6) is 0 Å². The van der Waals surface area contributed by atoms with Gasteiger partial charge in [-0.25, -0.2) is 0 Å². The number of ether oxygens (including phenoxy) is 2. The lowest BCUT2D eigenvalue weighted by Crippen LogP contribution is -2.35. The second-order valence-electron chi connectivity index (χ2n) is 4.05. The van der Waals surface area contributed by atoms with Gasteiger partial charge in [0.05, 0.1) is 19.1 Å². The Hall–Kier alpha value is -1.66. The van der Waals surface area contributed by atoms with Crippen LogP contribution in [0.3, 0.4) is 0 Å². The first-order valence-corrected chi connectivity index (χ1v) is 5.96. The quantitative estimate of drug-likeness (QED) is 0.303. The van der Waals surface area contributed by atoms with Crippen LogP contribution in [0.4, 0.5) is 0 Å². The molecule has 0 heterocycles. The zero-order valence-electron chi connectivity index (χ0n) is 10.7. The zero-order valence-corrected chi connectivity index (χ0v) is 10.7. The molecule has 102 valence electrons. The number of esters is 2. The molecule has 1 aliphatic carbocycles. The molecule has 0 aromatic rings. The first-order chi connectivity index (χ1) is 8.48. The Labute approximate surface area is 105 Å². The van der Waals surface area contributed by atoms with Gasteiger partial charge in [0.2, 0.25) is 11.5 Å². The van der Waals surface area contributed by atoms with Crippen LogP contribution in [0.25, 0.3) is 0 Å². The van der Waals surface area contributed by atoms with E-state index < -0.39 is 34.2 Å². The highest BCUT2D eigenvalue weighted by atomic mass is 16.6. The second-order valence-corrected chi connectivity index (χ2v) is 4.05. The van der Waals surface area contributed by atoms with Crippen molar-refractivity contribution in [3.05, 3.63) is 10.1 Å². The van der Waals surface area contributed by atoms with E-state index in [0.717, 1.165) is 0 Å². The van der Waals surface area contributed by atoms with Crippen LogP contribution in [0.15, 0.2) is 0 Å². The number of hydrogen-bond acceptors (Lipinski definition) is 6. The number of nitro groups is 1. The summed E-state index contributed by atoms with van der Waals surface area (Å²) in [6.07, 6.45) is 0.350. The third kappa shape index (κ3) is 1.93. The smallest absolute Gasteiger partial charge is 0.331 e. The molecule has 7 heteroatoms. The predicted molar refractivity (Wildman–Crippen MR) is 60.3 cm³/mol. The molecule has 0 radical (unpaired) electrons. The highest BCUT2D eigenvalue weighted by molar-refractivity contribution is 6.05. The number of carbonyl (C=O) groups excluding carboxylic acids is 2. The topological polar surface area (TPSA) is 95.7 Å². The molecule has 1 saturated carbocycles. The fraction of sp³-hybridized carbons (Fsp3) is 0.818. The van der Waals surface area contributed by atoms with Gasteiger partial charge < -0.3 is 9.47 Å². The maximum Gasteiger partial charge on any atom is 0.331 e. The van der Waals surface area contributed by atoms with Crippen molar-refractivity contribution in [2.75, 3.05) is 13.2 Å². The maximum atomic E-state index is 11.9. The van der Waals surface area contributed by atoms with Gasteiger partial charge >= 0.3 is 11.9 Å². The van der Waals surface area contributed by atoms with Gasteiger partial charge in [0, 0.05) is 4.92 Å². The maximum absolute atomic E-state index is 11.9. The Morgan fingerprint density at radius 3 is 1.83 bits per heavy atom. The van der Waals surface area contributed by atoms with E-state index in [1.807, 2.05) is 0 Å². The summed E-state index contributed by atoms with van der Waals surface area (Å²) in [6, 6.07) is -1.24. The lowest BCUT2D eigenvalue weighted by atomic mass is 10.0. The molecule has 0 saturated heterocycles. The van der Waals surface area contributed by atoms with Crippen molar-refractivity contribution in [2.24, 2.45) is 11.3 Å². The lowest BCUT2D eigenvalue weighted by Gasteiger charge is -2.12. The molecule has 18 heavy (non-hydrogen) atoms. The first-order valence-electron chi connectivity index (χ1n) is 5.96. The van der Waals surface area contributed by atoms with Gasteiger partial charge in [0.1, 0.15) is 0 Å². The minimum atomic E-state index is -1.75. The first kappa shape index (κ1) is 14.4. The molecule has 0 spiro atoms. The molecule has 0 bridgehead atoms. The molecule has 7 nitrogen and oxygen atoms in total. The van der Waals surface area contributed by atoms with E-state index in [-0.39, 0.29) is 13.2 Å². The summed E-state index contributed by atoms with van der Waals surface area (Å²) in [5.74, 6) is -2.35. The van der Waals surface area contributed by atoms with Gasteiger partial charge in [-0.05, 0) is 20.3 Å². The van der Waals surface area contributed by atoms with Crippen LogP contribution in [0.2, 0.25) is 0 Å². The third-order valence-corrected chi connectivity index (χ3v) is 3.22. The minimum Gasteiger partial charge on any atom is -0.465 e. The molecule has 0 aromatic heterocycles. The van der Waals surface area contributed by atoms with E-state index in [0.29, 0.717) is 6.42 Å². The number of carbonyl (C=O) groups is 2. The van der Waals surface area contributed by atoms with E-state index in [4.69, 9.17) is 9.47 Å². The average molecular weight is 259 g/mol. The normalized spacial score (nSPS) is 24.2. The van der Waals surface area contributed by atoms with Crippen molar-refractivity contribution in [1.29, 1.82) is 0 Å². The van der Waals surface area contributed by atoms with E-state index in [1.54, 1.807) is 20.8 Å². The van der Waals surface area contributed by atoms with Gasteiger partial charge in [-0.3, -0.25) is 19.7 Å². The van der Waals surface area contributed by atoms with Crippen molar-refractivity contribution in [3.63, 3.8) is 0 Å². The Balaban J connectivity index is 3.08. The summed E-state index contributed by atoms with van der Waals surface area (Å²) in [5.41, 5.74) is -1.75. The van der Waals surface area contributed by atoms with E-state index in [9.17, 15) is 19.7 Å². The molecule has 0 aliphatic heterocycles. The largest absolute Gasteiger partial charge is 0.465 e. The predicted octanol–water partition coefficient (Wildman–Crippen LogP) is 0.784. The Morgan fingerprint density at radius 1 is 1.17 bits per heavy atom. The summed E-state index contributed by atoms with van der Waals surface area (Å²) >= 11 is 0. The summed E-state index contributed by atoms with van der Waals surface area (Å²) in [7, 11) is 0. The zero-order chi connectivity index (χ0) is 13.9. The van der Waals surface area contributed by atoms with Gasteiger partial charge in [0.15, 0.2) is 0 Å². The highest BCUT2D eigenvalue weighted by Crippen LogP contribution is 2.57. The van der Waals surface area contributed by atoms with Crippen LogP contribution in [-0.4, -0.2) is 36.1 Å². The molecule has 0 aromatic carbocycles. The number of rotatable bonds is 6. The average Bonchev–Trinajstić information content (AvgIpc) is 2.99. The summed E-state index contributed by atoms with van der Waals surface area (Å²) < 4.78 is 9.61. The molecule has 1 fully saturated rings. The monoisotopic (exact) mass is 259 g/mol. The van der Waals surface area contributed by atoms with Gasteiger partial charge in [-0.2, -0.15) is 0 Å². The second kappa shape index (κ2) is 5.32. The molecular formula is C11H17NO6. The van der Waals surface area contributed by atoms with Crippen LogP contribution in [0, 0.1) is 21.4 Å². The van der Waals surface area contributed by atoms with Crippen molar-refractivity contribution < 1.29 is 24.0 Å². The van der Waals surface area contributed by atoms with E-state index in [1.165, 1.54) is 0 Å². The SMILES string of the molecule is CCOC(=O)C1(C(=O)OCC)[C@H](CC)[C@H]1[N+](=O)[O-]. The van der Waals surface area contributed by atoms with Gasteiger partial charge in [-0.1, -0.05) is 6.92 Å². The van der Waals surface area contributed by atoms with Gasteiger partial charge in [0.25, 0.3) is 0 Å². The molecule has 0 N–H and O–H groups in total. The fourth-order valence-corrected chi connectivity index (χ4v) is 2.43. The van der Waals surface area contributed by atoms with Crippen molar-refractivity contribution in [3.8, 4) is 0 Å². The molecule has 0 unspecified atom stereocenters. The van der Waals surface area contributed by atoms with Crippen LogP contribution < -0.4 is 0 Å². The molecule has 0 amide bonds. The Kier molecular flexibility index (Phi) is 4.26. The van der Waals surface area contributed by atoms with Crippen LogP contribution in [-0.2, 0) is 19.1 Å². The van der Waals surface area contributed by atoms with Crippen molar-refractivity contribution in [1.82, 2.24) is 0 Å². The summed E-state index contributed by atoms with van der Waals surface area (Å²) in [6.45, 7) is 5.01. The molecular weight excluding hydrogens is 242 g/mol. The molecule has 1 rings (SSSR count). The van der Waals surface area contributed by atoms with E-state index in [2.05, 4.69) is 0 Å². The lowest BCUT2D eigenvalue weighted by molar-refractivity contribution is -0.503. The van der Waals surface area contributed by atoms with Crippen molar-refractivity contribution in [2.45, 2.75) is 33.2 Å². The summed E-state index contributed by atoms with van der Waals surface area (Å²) in [5, 5.41) is 11.0. The highest BCUT2D eigenvalue weighted by Gasteiger charge is 2.84. The van der Waals surface area contributed by atoms with Gasteiger partial charge in [-0.15, -0.1) is 0 Å². The minimum absolute atomic E-state index is 0.0703. The molecule has 2 atom stereocenters. The standard InChI is InChI=1S/C11H17NO6/c1-4-7-8(12(15)16)11(7,9(13)17-5-2)10(14)18-6-3/h7-8H,4-6H2,1-3H3/t7-,8-/m1/s1. The number of nitrogens with zero attached hydrogens (tertiary/aromatic N) is 1. The van der Waals surface area contributed by atoms with Crippen LogP contribution >= 0.6 is 0 Å². The fourth-order valence-electron chi connectivity index (χ4n) is 2.43. The number of hydrogen-bond donors (Lipinski definition) is 0. The Bertz CT molecular complexity index is 349. The Morgan fingerprint density at radius 2 is 1.61 bits per heavy atom. The van der Waals surface area contributed by atoms with E-state index >= 15 is 0 Å².